The van der Waals surface area contributed by atoms with Crippen molar-refractivity contribution in [3.8, 4) is 11.1 Å². The molecule has 0 saturated heterocycles. The molecule has 0 aliphatic heterocycles. The highest BCUT2D eigenvalue weighted by Crippen LogP contribution is 2.37. The van der Waals surface area contributed by atoms with Crippen molar-refractivity contribution in [3.05, 3.63) is 108 Å². The lowest BCUT2D eigenvalue weighted by atomic mass is 9.81. The fourth-order valence-corrected chi connectivity index (χ4v) is 4.10. The Morgan fingerprint density at radius 1 is 0.900 bits per heavy atom. The maximum Gasteiger partial charge on any atom is 0.0633 e. The predicted octanol–water partition coefficient (Wildman–Crippen LogP) is 6.48. The molecule has 0 aromatic heterocycles. The van der Waals surface area contributed by atoms with E-state index in [4.69, 9.17) is 11.5 Å². The quantitative estimate of drug-likeness (QED) is 0.470. The first-order valence-electron chi connectivity index (χ1n) is 10.8. The fourth-order valence-electron chi connectivity index (χ4n) is 4.10. The van der Waals surface area contributed by atoms with Gasteiger partial charge in [0.15, 0.2) is 0 Å². The van der Waals surface area contributed by atoms with Gasteiger partial charge in [0.05, 0.1) is 5.54 Å². The smallest absolute Gasteiger partial charge is 0.0633 e. The average molecular weight is 395 g/mol. The Morgan fingerprint density at radius 2 is 1.67 bits per heavy atom. The summed E-state index contributed by atoms with van der Waals surface area (Å²) in [6.45, 7) is 2.23. The van der Waals surface area contributed by atoms with Crippen LogP contribution in [0.4, 0.5) is 5.69 Å². The Balaban J connectivity index is 1.64. The largest absolute Gasteiger partial charge is 0.399 e. The Morgan fingerprint density at radius 3 is 2.33 bits per heavy atom. The molecule has 2 heteroatoms. The summed E-state index contributed by atoms with van der Waals surface area (Å²) < 4.78 is 0. The van der Waals surface area contributed by atoms with Crippen molar-refractivity contribution in [2.45, 2.75) is 38.1 Å². The molecule has 4 N–H and O–H groups in total. The Kier molecular flexibility index (Phi) is 5.87. The number of rotatable bonds is 6. The summed E-state index contributed by atoms with van der Waals surface area (Å²) in [5, 5.41) is 0. The summed E-state index contributed by atoms with van der Waals surface area (Å²) in [6.07, 6.45) is 10.9. The third-order valence-corrected chi connectivity index (χ3v) is 5.97. The van der Waals surface area contributed by atoms with Crippen LogP contribution in [-0.2, 0) is 12.0 Å². The molecule has 30 heavy (non-hydrogen) atoms. The van der Waals surface area contributed by atoms with Crippen LogP contribution in [0, 0.1) is 0 Å². The van der Waals surface area contributed by atoms with Crippen molar-refractivity contribution >= 4 is 11.3 Å². The second-order valence-corrected chi connectivity index (χ2v) is 8.21. The number of anilines is 1. The van der Waals surface area contributed by atoms with Crippen molar-refractivity contribution < 1.29 is 0 Å². The molecule has 0 fully saturated rings. The van der Waals surface area contributed by atoms with Crippen molar-refractivity contribution in [2.24, 2.45) is 5.73 Å². The molecule has 0 saturated carbocycles. The highest BCUT2D eigenvalue weighted by atomic mass is 14.7. The molecule has 0 heterocycles. The van der Waals surface area contributed by atoms with Gasteiger partial charge in [-0.25, -0.2) is 0 Å². The molecule has 3 aromatic carbocycles. The monoisotopic (exact) mass is 394 g/mol. The molecule has 3 aromatic rings. The molecule has 1 aliphatic rings. The molecule has 0 radical (unpaired) electrons. The molecule has 2 nitrogen and oxygen atoms in total. The normalized spacial score (nSPS) is 18.3. The maximum atomic E-state index is 6.70. The molecule has 152 valence electrons. The molecule has 1 atom stereocenters. The van der Waals surface area contributed by atoms with Gasteiger partial charge in [-0.3, -0.25) is 0 Å². The SMILES string of the molecule is CCCCc1ccc(-c2cc(N)ccc2C2=CCC(N)(c3ccccc3)C=C2)cc1. The molecule has 0 amide bonds. The second-order valence-electron chi connectivity index (χ2n) is 8.21. The number of nitrogens with two attached hydrogens (primary N) is 2. The highest BCUT2D eigenvalue weighted by Gasteiger charge is 2.26. The van der Waals surface area contributed by atoms with Crippen molar-refractivity contribution in [1.82, 2.24) is 0 Å². The number of hydrogen-bond acceptors (Lipinski definition) is 2. The average Bonchev–Trinajstić information content (AvgIpc) is 2.79. The van der Waals surface area contributed by atoms with Gasteiger partial charge in [-0.1, -0.05) is 92.2 Å². The lowest BCUT2D eigenvalue weighted by molar-refractivity contribution is 0.567. The standard InChI is InChI=1S/C28H30N2/c1-2-3-7-21-10-12-22(13-11-21)27-20-25(29)14-15-26(27)23-16-18-28(30,19-17-23)24-8-5-4-6-9-24/h4-6,8-18,20H,2-3,7,19,29-30H2,1H3. The van der Waals surface area contributed by atoms with Gasteiger partial charge in [0.1, 0.15) is 0 Å². The Labute approximate surface area is 179 Å². The van der Waals surface area contributed by atoms with Gasteiger partial charge in [0.2, 0.25) is 0 Å². The van der Waals surface area contributed by atoms with E-state index in [9.17, 15) is 0 Å². The van der Waals surface area contributed by atoms with Crippen LogP contribution in [0.3, 0.4) is 0 Å². The van der Waals surface area contributed by atoms with Gasteiger partial charge in [-0.05, 0) is 64.8 Å². The van der Waals surface area contributed by atoms with Gasteiger partial charge in [-0.15, -0.1) is 0 Å². The summed E-state index contributed by atoms with van der Waals surface area (Å²) in [5.41, 5.74) is 20.4. The highest BCUT2D eigenvalue weighted by molar-refractivity contribution is 5.87. The minimum absolute atomic E-state index is 0.459. The van der Waals surface area contributed by atoms with Crippen molar-refractivity contribution in [1.29, 1.82) is 0 Å². The van der Waals surface area contributed by atoms with Crippen LogP contribution in [0.15, 0.2) is 91.0 Å². The Hall–Kier alpha value is -3.10. The molecule has 4 rings (SSSR count). The van der Waals surface area contributed by atoms with E-state index in [1.165, 1.54) is 35.1 Å². The zero-order chi connectivity index (χ0) is 21.0. The van der Waals surface area contributed by atoms with Crippen LogP contribution >= 0.6 is 0 Å². The third kappa shape index (κ3) is 4.24. The van der Waals surface area contributed by atoms with Crippen LogP contribution in [-0.4, -0.2) is 0 Å². The second kappa shape index (κ2) is 8.73. The van der Waals surface area contributed by atoms with E-state index in [0.717, 1.165) is 29.7 Å². The summed E-state index contributed by atoms with van der Waals surface area (Å²) in [6, 6.07) is 25.4. The number of hydrogen-bond donors (Lipinski definition) is 2. The number of benzene rings is 3. The minimum atomic E-state index is -0.459. The summed E-state index contributed by atoms with van der Waals surface area (Å²) >= 11 is 0. The van der Waals surface area contributed by atoms with E-state index in [0.29, 0.717) is 0 Å². The summed E-state index contributed by atoms with van der Waals surface area (Å²) in [4.78, 5) is 0. The van der Waals surface area contributed by atoms with Gasteiger partial charge >= 0.3 is 0 Å². The zero-order valence-corrected chi connectivity index (χ0v) is 17.6. The first kappa shape index (κ1) is 20.2. The predicted molar refractivity (Wildman–Crippen MR) is 129 cm³/mol. The van der Waals surface area contributed by atoms with Crippen molar-refractivity contribution in [3.63, 3.8) is 0 Å². The number of aryl methyl sites for hydroxylation is 1. The number of allylic oxidation sites excluding steroid dienone is 2. The lowest BCUT2D eigenvalue weighted by Gasteiger charge is -2.29. The summed E-state index contributed by atoms with van der Waals surface area (Å²) in [5.74, 6) is 0. The topological polar surface area (TPSA) is 52.0 Å². The maximum absolute atomic E-state index is 6.70. The van der Waals surface area contributed by atoms with Crippen LogP contribution in [0.5, 0.6) is 0 Å². The van der Waals surface area contributed by atoms with Crippen LogP contribution in [0.2, 0.25) is 0 Å². The van der Waals surface area contributed by atoms with Crippen molar-refractivity contribution in [2.75, 3.05) is 5.73 Å². The molecular weight excluding hydrogens is 364 g/mol. The van der Waals surface area contributed by atoms with E-state index in [-0.39, 0.29) is 0 Å². The number of unbranched alkanes of at least 4 members (excludes halogenated alkanes) is 1. The van der Waals surface area contributed by atoms with E-state index in [1.807, 2.05) is 24.3 Å². The van der Waals surface area contributed by atoms with Gasteiger partial charge in [0, 0.05) is 5.69 Å². The molecular formula is C28H30N2. The summed E-state index contributed by atoms with van der Waals surface area (Å²) in [7, 11) is 0. The van der Waals surface area contributed by atoms with E-state index < -0.39 is 5.54 Å². The van der Waals surface area contributed by atoms with Gasteiger partial charge in [0.25, 0.3) is 0 Å². The van der Waals surface area contributed by atoms with E-state index in [2.05, 4.69) is 73.7 Å². The number of nitrogen functional groups attached to an aromatic ring is 1. The minimum Gasteiger partial charge on any atom is -0.399 e. The zero-order valence-electron chi connectivity index (χ0n) is 17.6. The van der Waals surface area contributed by atoms with E-state index in [1.54, 1.807) is 0 Å². The first-order chi connectivity index (χ1) is 14.6. The molecule has 1 unspecified atom stereocenters. The van der Waals surface area contributed by atoms with Crippen LogP contribution in [0.1, 0.15) is 42.9 Å². The van der Waals surface area contributed by atoms with Crippen LogP contribution < -0.4 is 11.5 Å². The third-order valence-electron chi connectivity index (χ3n) is 5.97. The molecule has 1 aliphatic carbocycles. The first-order valence-corrected chi connectivity index (χ1v) is 10.8. The fraction of sp³-hybridized carbons (Fsp3) is 0.214. The molecule has 0 spiro atoms. The Bertz CT molecular complexity index is 1060. The molecule has 0 bridgehead atoms. The van der Waals surface area contributed by atoms with Gasteiger partial charge < -0.3 is 11.5 Å². The van der Waals surface area contributed by atoms with E-state index >= 15 is 0 Å². The van der Waals surface area contributed by atoms with Gasteiger partial charge in [-0.2, -0.15) is 0 Å². The van der Waals surface area contributed by atoms with Crippen LogP contribution in [0.25, 0.3) is 16.7 Å². The lowest BCUT2D eigenvalue weighted by Crippen LogP contribution is -2.35.